The molecule has 2 aromatic carbocycles. The standard InChI is InChI=1S/C23H17F7N2O3/c24-14-3-1-2-12(16(14)25)10-31-6-8-32(9-7-31)23(33)15-5-4-13(35-15)11-34-22-20(29)18(27)17(26)19(28)21(22)30/h1-5H,6-11H2. The Morgan fingerprint density at radius 3 is 2.09 bits per heavy atom. The van der Waals surface area contributed by atoms with E-state index in [0.717, 1.165) is 6.07 Å². The van der Waals surface area contributed by atoms with Crippen LogP contribution in [0.25, 0.3) is 0 Å². The van der Waals surface area contributed by atoms with Gasteiger partial charge in [-0.2, -0.15) is 8.78 Å². The first-order valence-corrected chi connectivity index (χ1v) is 10.3. The number of amides is 1. The number of carbonyl (C=O) groups excluding carboxylic acids is 1. The first-order valence-electron chi connectivity index (χ1n) is 10.3. The van der Waals surface area contributed by atoms with E-state index >= 15 is 0 Å². The van der Waals surface area contributed by atoms with Crippen LogP contribution in [0.3, 0.4) is 0 Å². The summed E-state index contributed by atoms with van der Waals surface area (Å²) in [5, 5.41) is 0. The number of furan rings is 1. The highest BCUT2D eigenvalue weighted by atomic mass is 19.2. The number of ether oxygens (including phenoxy) is 1. The summed E-state index contributed by atoms with van der Waals surface area (Å²) in [4.78, 5) is 16.0. The maximum Gasteiger partial charge on any atom is 0.289 e. The molecule has 186 valence electrons. The van der Waals surface area contributed by atoms with Crippen LogP contribution in [-0.4, -0.2) is 41.9 Å². The van der Waals surface area contributed by atoms with Gasteiger partial charge in [-0.05, 0) is 18.2 Å². The Bertz CT molecular complexity index is 1230. The summed E-state index contributed by atoms with van der Waals surface area (Å²) in [6.07, 6.45) is 0. The Morgan fingerprint density at radius 2 is 1.43 bits per heavy atom. The molecular formula is C23H17F7N2O3. The number of carbonyl (C=O) groups is 1. The molecule has 4 rings (SSSR count). The highest BCUT2D eigenvalue weighted by molar-refractivity contribution is 5.91. The molecule has 2 heterocycles. The SMILES string of the molecule is O=C(c1ccc(COc2c(F)c(F)c(F)c(F)c2F)o1)N1CCN(Cc2cccc(F)c2F)CC1. The Labute approximate surface area is 194 Å². The van der Waals surface area contributed by atoms with Gasteiger partial charge in [-0.15, -0.1) is 0 Å². The van der Waals surface area contributed by atoms with Crippen molar-refractivity contribution in [1.82, 2.24) is 9.80 Å². The van der Waals surface area contributed by atoms with Crippen molar-refractivity contribution in [3.8, 4) is 5.75 Å². The van der Waals surface area contributed by atoms with Crippen LogP contribution in [0.5, 0.6) is 5.75 Å². The molecule has 0 spiro atoms. The van der Waals surface area contributed by atoms with E-state index in [1.807, 2.05) is 4.90 Å². The van der Waals surface area contributed by atoms with Crippen molar-refractivity contribution in [2.75, 3.05) is 26.2 Å². The average molecular weight is 502 g/mol. The zero-order chi connectivity index (χ0) is 25.3. The minimum Gasteiger partial charge on any atom is -0.479 e. The summed E-state index contributed by atoms with van der Waals surface area (Å²) in [6, 6.07) is 6.48. The zero-order valence-corrected chi connectivity index (χ0v) is 17.9. The van der Waals surface area contributed by atoms with Crippen LogP contribution >= 0.6 is 0 Å². The Kier molecular flexibility index (Phi) is 7.01. The van der Waals surface area contributed by atoms with E-state index in [2.05, 4.69) is 0 Å². The summed E-state index contributed by atoms with van der Waals surface area (Å²) in [6.45, 7) is 0.793. The molecular weight excluding hydrogens is 485 g/mol. The normalized spacial score (nSPS) is 14.4. The quantitative estimate of drug-likeness (QED) is 0.276. The fourth-order valence-electron chi connectivity index (χ4n) is 3.60. The number of benzene rings is 2. The molecule has 1 aliphatic heterocycles. The van der Waals surface area contributed by atoms with Crippen LogP contribution in [0.15, 0.2) is 34.7 Å². The predicted molar refractivity (Wildman–Crippen MR) is 107 cm³/mol. The van der Waals surface area contributed by atoms with Gasteiger partial charge in [-0.1, -0.05) is 12.1 Å². The third-order valence-electron chi connectivity index (χ3n) is 5.49. The van der Waals surface area contributed by atoms with Crippen LogP contribution in [0.2, 0.25) is 0 Å². The van der Waals surface area contributed by atoms with E-state index in [1.54, 1.807) is 0 Å². The van der Waals surface area contributed by atoms with E-state index in [0.29, 0.717) is 13.1 Å². The van der Waals surface area contributed by atoms with Gasteiger partial charge in [0.05, 0.1) is 0 Å². The molecule has 1 saturated heterocycles. The lowest BCUT2D eigenvalue weighted by Gasteiger charge is -2.34. The van der Waals surface area contributed by atoms with Gasteiger partial charge in [0.15, 0.2) is 23.1 Å². The fraction of sp³-hybridized carbons (Fsp3) is 0.261. The molecule has 12 heteroatoms. The number of piperazine rings is 1. The Morgan fingerprint density at radius 1 is 0.800 bits per heavy atom. The number of halogens is 7. The highest BCUT2D eigenvalue weighted by Gasteiger charge is 2.28. The van der Waals surface area contributed by atoms with Crippen LogP contribution < -0.4 is 4.74 Å². The van der Waals surface area contributed by atoms with Crippen molar-refractivity contribution < 1.29 is 44.7 Å². The molecule has 0 bridgehead atoms. The molecule has 1 aliphatic rings. The lowest BCUT2D eigenvalue weighted by atomic mass is 10.1. The van der Waals surface area contributed by atoms with Gasteiger partial charge in [0, 0.05) is 38.3 Å². The first-order chi connectivity index (χ1) is 16.7. The van der Waals surface area contributed by atoms with Gasteiger partial charge in [-0.3, -0.25) is 9.69 Å². The molecule has 5 nitrogen and oxygen atoms in total. The molecule has 0 N–H and O–H groups in total. The lowest BCUT2D eigenvalue weighted by molar-refractivity contribution is 0.0592. The van der Waals surface area contributed by atoms with E-state index in [1.165, 1.54) is 29.2 Å². The molecule has 1 fully saturated rings. The molecule has 0 unspecified atom stereocenters. The highest BCUT2D eigenvalue weighted by Crippen LogP contribution is 2.30. The lowest BCUT2D eigenvalue weighted by Crippen LogP contribution is -2.48. The third kappa shape index (κ3) is 4.97. The second-order valence-electron chi connectivity index (χ2n) is 7.73. The predicted octanol–water partition coefficient (Wildman–Crippen LogP) is 4.79. The third-order valence-corrected chi connectivity index (χ3v) is 5.49. The van der Waals surface area contributed by atoms with Crippen molar-refractivity contribution in [1.29, 1.82) is 0 Å². The van der Waals surface area contributed by atoms with Crippen molar-refractivity contribution in [3.63, 3.8) is 0 Å². The summed E-state index contributed by atoms with van der Waals surface area (Å²) in [5.74, 6) is -14.9. The van der Waals surface area contributed by atoms with E-state index in [9.17, 15) is 35.5 Å². The molecule has 0 saturated carbocycles. The van der Waals surface area contributed by atoms with Gasteiger partial charge in [0.2, 0.25) is 29.1 Å². The van der Waals surface area contributed by atoms with Crippen molar-refractivity contribution in [2.24, 2.45) is 0 Å². The van der Waals surface area contributed by atoms with Gasteiger partial charge >= 0.3 is 0 Å². The molecule has 35 heavy (non-hydrogen) atoms. The second kappa shape index (κ2) is 9.98. The first kappa shape index (κ1) is 24.6. The van der Waals surface area contributed by atoms with Crippen molar-refractivity contribution in [3.05, 3.63) is 88.1 Å². The van der Waals surface area contributed by atoms with Crippen LogP contribution in [0.1, 0.15) is 21.9 Å². The van der Waals surface area contributed by atoms with Gasteiger partial charge in [0.1, 0.15) is 12.4 Å². The molecule has 1 amide bonds. The van der Waals surface area contributed by atoms with Gasteiger partial charge < -0.3 is 14.1 Å². The minimum absolute atomic E-state index is 0.0856. The van der Waals surface area contributed by atoms with Crippen molar-refractivity contribution >= 4 is 5.91 Å². The van der Waals surface area contributed by atoms with Crippen LogP contribution in [-0.2, 0) is 13.2 Å². The molecule has 1 aromatic heterocycles. The summed E-state index contributed by atoms with van der Waals surface area (Å²) >= 11 is 0. The van der Waals surface area contributed by atoms with E-state index < -0.39 is 59.0 Å². The van der Waals surface area contributed by atoms with Crippen LogP contribution in [0.4, 0.5) is 30.7 Å². The maximum atomic E-state index is 13.9. The topological polar surface area (TPSA) is 45.9 Å². The summed E-state index contributed by atoms with van der Waals surface area (Å²) in [5.41, 5.74) is 0.203. The summed E-state index contributed by atoms with van der Waals surface area (Å²) in [7, 11) is 0. The van der Waals surface area contributed by atoms with Crippen molar-refractivity contribution in [2.45, 2.75) is 13.2 Å². The summed E-state index contributed by atoms with van der Waals surface area (Å²) < 4.78 is 104. The number of hydrogen-bond acceptors (Lipinski definition) is 4. The van der Waals surface area contributed by atoms with E-state index in [-0.39, 0.29) is 36.7 Å². The van der Waals surface area contributed by atoms with E-state index in [4.69, 9.17) is 9.15 Å². The fourth-order valence-corrected chi connectivity index (χ4v) is 3.60. The number of nitrogens with zero attached hydrogens (tertiary/aromatic N) is 2. The Balaban J connectivity index is 1.34. The Hall–Kier alpha value is -3.54. The van der Waals surface area contributed by atoms with Gasteiger partial charge in [0.25, 0.3) is 5.91 Å². The largest absolute Gasteiger partial charge is 0.479 e. The monoisotopic (exact) mass is 502 g/mol. The smallest absolute Gasteiger partial charge is 0.289 e. The number of hydrogen-bond donors (Lipinski definition) is 0. The molecule has 0 atom stereocenters. The average Bonchev–Trinajstić information content (AvgIpc) is 3.33. The maximum absolute atomic E-state index is 13.9. The molecule has 3 aromatic rings. The second-order valence-corrected chi connectivity index (χ2v) is 7.73. The van der Waals surface area contributed by atoms with Crippen LogP contribution in [0, 0.1) is 40.7 Å². The minimum atomic E-state index is -2.31. The number of rotatable bonds is 6. The molecule has 0 aliphatic carbocycles. The van der Waals surface area contributed by atoms with Gasteiger partial charge in [-0.25, -0.2) is 22.0 Å². The molecule has 0 radical (unpaired) electrons. The zero-order valence-electron chi connectivity index (χ0n) is 17.9.